The van der Waals surface area contributed by atoms with Crippen molar-refractivity contribution in [3.05, 3.63) is 0 Å². The Balaban J connectivity index is 2.49. The predicted octanol–water partition coefficient (Wildman–Crippen LogP) is 2.90. The third-order valence-electron chi connectivity index (χ3n) is 4.68. The molecule has 1 aliphatic rings. The van der Waals surface area contributed by atoms with E-state index in [0.29, 0.717) is 12.1 Å². The van der Waals surface area contributed by atoms with Crippen LogP contribution < -0.4 is 5.32 Å². The maximum absolute atomic E-state index is 5.28. The van der Waals surface area contributed by atoms with E-state index in [1.807, 2.05) is 0 Å². The maximum Gasteiger partial charge on any atom is 0.0589 e. The molecule has 19 heavy (non-hydrogen) atoms. The predicted molar refractivity (Wildman–Crippen MR) is 82.6 cm³/mol. The van der Waals surface area contributed by atoms with Gasteiger partial charge in [0.15, 0.2) is 0 Å². The van der Waals surface area contributed by atoms with Crippen molar-refractivity contribution in [2.45, 2.75) is 65.0 Å². The van der Waals surface area contributed by atoms with E-state index < -0.39 is 0 Å². The fourth-order valence-electron chi connectivity index (χ4n) is 3.32. The van der Waals surface area contributed by atoms with Crippen LogP contribution >= 0.6 is 0 Å². The second kappa shape index (κ2) is 9.73. The first-order chi connectivity index (χ1) is 9.24. The number of methoxy groups -OCH3 is 1. The first-order valence-corrected chi connectivity index (χ1v) is 8.21. The lowest BCUT2D eigenvalue weighted by Gasteiger charge is -2.37. The normalized spacial score (nSPS) is 24.3. The minimum Gasteiger partial charge on any atom is -0.383 e. The highest BCUT2D eigenvalue weighted by Crippen LogP contribution is 2.21. The summed E-state index contributed by atoms with van der Waals surface area (Å²) in [4.78, 5) is 2.64. The standard InChI is InChI=1S/C16H34N2O/c1-5-14-8-9-17-15(12-14)13-18(10-11-19-4)16(6-2)7-3/h14-17H,5-13H2,1-4H3. The van der Waals surface area contributed by atoms with Crippen molar-refractivity contribution in [1.82, 2.24) is 10.2 Å². The summed E-state index contributed by atoms with van der Waals surface area (Å²) >= 11 is 0. The molecule has 0 aromatic heterocycles. The van der Waals surface area contributed by atoms with Crippen LogP contribution in [0, 0.1) is 5.92 Å². The van der Waals surface area contributed by atoms with E-state index in [4.69, 9.17) is 4.74 Å². The van der Waals surface area contributed by atoms with E-state index in [0.717, 1.165) is 19.1 Å². The summed E-state index contributed by atoms with van der Waals surface area (Å²) in [6.45, 7) is 11.2. The lowest BCUT2D eigenvalue weighted by Crippen LogP contribution is -2.49. The first kappa shape index (κ1) is 16.9. The molecule has 1 saturated heterocycles. The van der Waals surface area contributed by atoms with Gasteiger partial charge in [-0.2, -0.15) is 0 Å². The summed E-state index contributed by atoms with van der Waals surface area (Å²) in [7, 11) is 1.80. The SMILES string of the molecule is CCC1CCNC(CN(CCOC)C(CC)CC)C1. The number of ether oxygens (including phenoxy) is 1. The van der Waals surface area contributed by atoms with Crippen LogP contribution in [0.25, 0.3) is 0 Å². The van der Waals surface area contributed by atoms with Gasteiger partial charge in [0.05, 0.1) is 6.61 Å². The van der Waals surface area contributed by atoms with E-state index in [2.05, 4.69) is 31.0 Å². The summed E-state index contributed by atoms with van der Waals surface area (Å²) < 4.78 is 5.28. The summed E-state index contributed by atoms with van der Waals surface area (Å²) in [5.74, 6) is 0.928. The molecule has 2 atom stereocenters. The Hall–Kier alpha value is -0.120. The highest BCUT2D eigenvalue weighted by atomic mass is 16.5. The van der Waals surface area contributed by atoms with Crippen LogP contribution in [0.4, 0.5) is 0 Å². The molecule has 1 rings (SSSR count). The molecule has 0 radical (unpaired) electrons. The van der Waals surface area contributed by atoms with Gasteiger partial charge in [0, 0.05) is 32.3 Å². The minimum atomic E-state index is 0.677. The third-order valence-corrected chi connectivity index (χ3v) is 4.68. The van der Waals surface area contributed by atoms with E-state index in [1.54, 1.807) is 7.11 Å². The molecular weight excluding hydrogens is 236 g/mol. The number of hydrogen-bond acceptors (Lipinski definition) is 3. The zero-order chi connectivity index (χ0) is 14.1. The quantitative estimate of drug-likeness (QED) is 0.697. The van der Waals surface area contributed by atoms with Gasteiger partial charge in [-0.25, -0.2) is 0 Å². The number of hydrogen-bond donors (Lipinski definition) is 1. The Morgan fingerprint density at radius 2 is 2.00 bits per heavy atom. The van der Waals surface area contributed by atoms with Gasteiger partial charge in [0.1, 0.15) is 0 Å². The molecule has 3 heteroatoms. The second-order valence-electron chi connectivity index (χ2n) is 5.91. The molecule has 114 valence electrons. The molecule has 2 unspecified atom stereocenters. The van der Waals surface area contributed by atoms with Crippen LogP contribution in [-0.4, -0.2) is 50.3 Å². The number of rotatable bonds is 9. The highest BCUT2D eigenvalue weighted by molar-refractivity contribution is 4.82. The molecule has 1 N–H and O–H groups in total. The molecule has 1 fully saturated rings. The number of piperidine rings is 1. The molecule has 0 aromatic carbocycles. The van der Waals surface area contributed by atoms with Crippen molar-refractivity contribution in [3.63, 3.8) is 0 Å². The lowest BCUT2D eigenvalue weighted by molar-refractivity contribution is 0.0982. The van der Waals surface area contributed by atoms with Crippen molar-refractivity contribution < 1.29 is 4.74 Å². The number of nitrogens with one attached hydrogen (secondary N) is 1. The zero-order valence-electron chi connectivity index (χ0n) is 13.5. The fourth-order valence-corrected chi connectivity index (χ4v) is 3.32. The van der Waals surface area contributed by atoms with Crippen LogP contribution in [-0.2, 0) is 4.74 Å². The topological polar surface area (TPSA) is 24.5 Å². The molecule has 3 nitrogen and oxygen atoms in total. The Bertz CT molecular complexity index is 219. The van der Waals surface area contributed by atoms with Gasteiger partial charge in [-0.15, -0.1) is 0 Å². The molecular formula is C16H34N2O. The van der Waals surface area contributed by atoms with E-state index >= 15 is 0 Å². The van der Waals surface area contributed by atoms with Gasteiger partial charge in [-0.05, 0) is 38.1 Å². The highest BCUT2D eigenvalue weighted by Gasteiger charge is 2.24. The molecule has 0 spiro atoms. The zero-order valence-corrected chi connectivity index (χ0v) is 13.5. The van der Waals surface area contributed by atoms with Crippen LogP contribution in [0.2, 0.25) is 0 Å². The first-order valence-electron chi connectivity index (χ1n) is 8.21. The summed E-state index contributed by atoms with van der Waals surface area (Å²) in [6.07, 6.45) is 6.52. The average Bonchev–Trinajstić information content (AvgIpc) is 2.46. The molecule has 0 aromatic rings. The van der Waals surface area contributed by atoms with Gasteiger partial charge in [-0.1, -0.05) is 27.2 Å². The van der Waals surface area contributed by atoms with Crippen molar-refractivity contribution in [1.29, 1.82) is 0 Å². The Morgan fingerprint density at radius 3 is 2.58 bits per heavy atom. The summed E-state index contributed by atoms with van der Waals surface area (Å²) in [5.41, 5.74) is 0. The molecule has 1 heterocycles. The van der Waals surface area contributed by atoms with Crippen molar-refractivity contribution in [2.75, 3.05) is 33.4 Å². The van der Waals surface area contributed by atoms with Crippen molar-refractivity contribution in [2.24, 2.45) is 5.92 Å². The van der Waals surface area contributed by atoms with Gasteiger partial charge >= 0.3 is 0 Å². The van der Waals surface area contributed by atoms with Gasteiger partial charge in [0.2, 0.25) is 0 Å². The Kier molecular flexibility index (Phi) is 8.67. The molecule has 0 amide bonds. The van der Waals surface area contributed by atoms with Crippen LogP contribution in [0.3, 0.4) is 0 Å². The largest absolute Gasteiger partial charge is 0.383 e. The lowest BCUT2D eigenvalue weighted by atomic mass is 9.90. The average molecular weight is 270 g/mol. The maximum atomic E-state index is 5.28. The number of nitrogens with zero attached hydrogens (tertiary/aromatic N) is 1. The Morgan fingerprint density at radius 1 is 1.26 bits per heavy atom. The van der Waals surface area contributed by atoms with Crippen molar-refractivity contribution >= 4 is 0 Å². The monoisotopic (exact) mass is 270 g/mol. The van der Waals surface area contributed by atoms with E-state index in [-0.39, 0.29) is 0 Å². The third kappa shape index (κ3) is 5.80. The molecule has 0 bridgehead atoms. The van der Waals surface area contributed by atoms with E-state index in [9.17, 15) is 0 Å². The summed E-state index contributed by atoms with van der Waals surface area (Å²) in [5, 5.41) is 3.71. The molecule has 0 aliphatic carbocycles. The molecule has 1 aliphatic heterocycles. The van der Waals surface area contributed by atoms with Crippen LogP contribution in [0.1, 0.15) is 52.9 Å². The van der Waals surface area contributed by atoms with E-state index in [1.165, 1.54) is 45.2 Å². The van der Waals surface area contributed by atoms with Gasteiger partial charge in [0.25, 0.3) is 0 Å². The minimum absolute atomic E-state index is 0.677. The van der Waals surface area contributed by atoms with Gasteiger partial charge < -0.3 is 10.1 Å². The van der Waals surface area contributed by atoms with Crippen LogP contribution in [0.15, 0.2) is 0 Å². The summed E-state index contributed by atoms with van der Waals surface area (Å²) in [6, 6.07) is 1.38. The van der Waals surface area contributed by atoms with Gasteiger partial charge in [-0.3, -0.25) is 4.90 Å². The molecule has 0 saturated carbocycles. The fraction of sp³-hybridized carbons (Fsp3) is 1.00. The Labute approximate surface area is 120 Å². The van der Waals surface area contributed by atoms with Crippen molar-refractivity contribution in [3.8, 4) is 0 Å². The second-order valence-corrected chi connectivity index (χ2v) is 5.91. The van der Waals surface area contributed by atoms with Crippen LogP contribution in [0.5, 0.6) is 0 Å². The smallest absolute Gasteiger partial charge is 0.0589 e.